The summed E-state index contributed by atoms with van der Waals surface area (Å²) in [4.78, 5) is 10.2. The lowest BCUT2D eigenvalue weighted by atomic mass is 10.1. The predicted octanol–water partition coefficient (Wildman–Crippen LogP) is 3.45. The Morgan fingerprint density at radius 3 is 2.57 bits per heavy atom. The average Bonchev–Trinajstić information content (AvgIpc) is 2.53. The highest BCUT2D eigenvalue weighted by atomic mass is 16.6. The fraction of sp³-hybridized carbons (Fsp3) is 0.250. The number of nitro benzene ring substituents is 1. The molecule has 2 rings (SSSR count). The van der Waals surface area contributed by atoms with E-state index >= 15 is 0 Å². The smallest absolute Gasteiger partial charge is 0.269 e. The largest absolute Gasteiger partial charge is 0.497 e. The summed E-state index contributed by atoms with van der Waals surface area (Å²) < 4.78 is 5.21. The SMILES string of the molecule is COc1cccc([C@@H](C)NCc2ccc([N+](=O)[O-])cc2)c1. The van der Waals surface area contributed by atoms with Gasteiger partial charge in [0.2, 0.25) is 0 Å². The number of ether oxygens (including phenoxy) is 1. The highest BCUT2D eigenvalue weighted by Crippen LogP contribution is 2.19. The Morgan fingerprint density at radius 1 is 1.24 bits per heavy atom. The first-order valence-corrected chi connectivity index (χ1v) is 6.71. The highest BCUT2D eigenvalue weighted by Gasteiger charge is 2.07. The van der Waals surface area contributed by atoms with Gasteiger partial charge in [-0.3, -0.25) is 10.1 Å². The lowest BCUT2D eigenvalue weighted by Gasteiger charge is -2.15. The second kappa shape index (κ2) is 6.85. The molecule has 1 N–H and O–H groups in total. The van der Waals surface area contributed by atoms with E-state index in [9.17, 15) is 10.1 Å². The fourth-order valence-electron chi connectivity index (χ4n) is 2.04. The van der Waals surface area contributed by atoms with Crippen LogP contribution in [0.1, 0.15) is 24.1 Å². The number of nitrogens with one attached hydrogen (secondary N) is 1. The molecule has 5 nitrogen and oxygen atoms in total. The first-order valence-electron chi connectivity index (χ1n) is 6.71. The second-order valence-corrected chi connectivity index (χ2v) is 4.80. The molecule has 0 aromatic heterocycles. The van der Waals surface area contributed by atoms with Crippen molar-refractivity contribution in [2.24, 2.45) is 0 Å². The average molecular weight is 286 g/mol. The molecule has 0 radical (unpaired) electrons. The summed E-state index contributed by atoms with van der Waals surface area (Å²) >= 11 is 0. The lowest BCUT2D eigenvalue weighted by molar-refractivity contribution is -0.384. The molecule has 5 heteroatoms. The van der Waals surface area contributed by atoms with Crippen molar-refractivity contribution < 1.29 is 9.66 Å². The zero-order valence-corrected chi connectivity index (χ0v) is 12.1. The molecule has 0 amide bonds. The molecule has 21 heavy (non-hydrogen) atoms. The van der Waals surface area contributed by atoms with Gasteiger partial charge in [-0.25, -0.2) is 0 Å². The number of hydrogen-bond acceptors (Lipinski definition) is 4. The lowest BCUT2D eigenvalue weighted by Crippen LogP contribution is -2.18. The van der Waals surface area contributed by atoms with Crippen molar-refractivity contribution in [3.05, 3.63) is 69.8 Å². The van der Waals surface area contributed by atoms with Crippen LogP contribution in [-0.2, 0) is 6.54 Å². The molecule has 0 unspecified atom stereocenters. The summed E-state index contributed by atoms with van der Waals surface area (Å²) in [5.41, 5.74) is 2.26. The summed E-state index contributed by atoms with van der Waals surface area (Å²) in [7, 11) is 1.65. The molecular formula is C16H18N2O3. The van der Waals surface area contributed by atoms with Gasteiger partial charge in [0, 0.05) is 24.7 Å². The monoisotopic (exact) mass is 286 g/mol. The summed E-state index contributed by atoms with van der Waals surface area (Å²) in [6.45, 7) is 2.72. The van der Waals surface area contributed by atoms with E-state index < -0.39 is 4.92 Å². The second-order valence-electron chi connectivity index (χ2n) is 4.80. The van der Waals surface area contributed by atoms with Gasteiger partial charge in [-0.1, -0.05) is 24.3 Å². The molecule has 0 aliphatic carbocycles. The number of benzene rings is 2. The van der Waals surface area contributed by atoms with Crippen LogP contribution in [0.25, 0.3) is 0 Å². The van der Waals surface area contributed by atoms with Gasteiger partial charge in [-0.05, 0) is 30.2 Å². The van der Waals surface area contributed by atoms with E-state index in [-0.39, 0.29) is 11.7 Å². The van der Waals surface area contributed by atoms with Crippen LogP contribution in [0, 0.1) is 10.1 Å². The van der Waals surface area contributed by atoms with Crippen LogP contribution in [0.5, 0.6) is 5.75 Å². The number of hydrogen-bond donors (Lipinski definition) is 1. The summed E-state index contributed by atoms with van der Waals surface area (Å²) in [5.74, 6) is 0.830. The van der Waals surface area contributed by atoms with Gasteiger partial charge in [0.25, 0.3) is 5.69 Å². The van der Waals surface area contributed by atoms with E-state index in [1.54, 1.807) is 19.2 Å². The van der Waals surface area contributed by atoms with Crippen LogP contribution >= 0.6 is 0 Å². The van der Waals surface area contributed by atoms with Crippen LogP contribution in [0.15, 0.2) is 48.5 Å². The minimum atomic E-state index is -0.393. The van der Waals surface area contributed by atoms with Crippen molar-refractivity contribution in [3.63, 3.8) is 0 Å². The quantitative estimate of drug-likeness (QED) is 0.652. The molecule has 0 heterocycles. The van der Waals surface area contributed by atoms with Crippen molar-refractivity contribution in [1.82, 2.24) is 5.32 Å². The van der Waals surface area contributed by atoms with Gasteiger partial charge in [0.05, 0.1) is 12.0 Å². The summed E-state index contributed by atoms with van der Waals surface area (Å²) in [6, 6.07) is 14.6. The van der Waals surface area contributed by atoms with E-state index in [2.05, 4.69) is 12.2 Å². The molecule has 0 fully saturated rings. The standard InChI is InChI=1S/C16H18N2O3/c1-12(14-4-3-5-16(10-14)21-2)17-11-13-6-8-15(9-7-13)18(19)20/h3-10,12,17H,11H2,1-2H3/t12-/m1/s1. The van der Waals surface area contributed by atoms with Crippen LogP contribution in [0.4, 0.5) is 5.69 Å². The number of nitrogens with zero attached hydrogens (tertiary/aromatic N) is 1. The molecule has 0 spiro atoms. The van der Waals surface area contributed by atoms with E-state index in [1.807, 2.05) is 24.3 Å². The molecule has 1 atom stereocenters. The van der Waals surface area contributed by atoms with Gasteiger partial charge < -0.3 is 10.1 Å². The Hall–Kier alpha value is -2.40. The minimum Gasteiger partial charge on any atom is -0.497 e. The minimum absolute atomic E-state index is 0.111. The van der Waals surface area contributed by atoms with Crippen LogP contribution < -0.4 is 10.1 Å². The molecule has 110 valence electrons. The third-order valence-electron chi connectivity index (χ3n) is 3.35. The topological polar surface area (TPSA) is 64.4 Å². The zero-order chi connectivity index (χ0) is 15.2. The van der Waals surface area contributed by atoms with E-state index in [0.717, 1.165) is 16.9 Å². The highest BCUT2D eigenvalue weighted by molar-refractivity contribution is 5.33. The molecule has 0 bridgehead atoms. The van der Waals surface area contributed by atoms with Crippen molar-refractivity contribution in [1.29, 1.82) is 0 Å². The zero-order valence-electron chi connectivity index (χ0n) is 12.1. The molecule has 0 aliphatic heterocycles. The summed E-state index contributed by atoms with van der Waals surface area (Å²) in [5, 5.41) is 14.0. The van der Waals surface area contributed by atoms with Gasteiger partial charge >= 0.3 is 0 Å². The maximum atomic E-state index is 10.6. The third kappa shape index (κ3) is 4.03. The Balaban J connectivity index is 1.96. The Morgan fingerprint density at radius 2 is 1.95 bits per heavy atom. The number of non-ortho nitro benzene ring substituents is 1. The van der Waals surface area contributed by atoms with Crippen molar-refractivity contribution in [3.8, 4) is 5.75 Å². The van der Waals surface area contributed by atoms with Crippen LogP contribution in [-0.4, -0.2) is 12.0 Å². The number of rotatable bonds is 6. The van der Waals surface area contributed by atoms with E-state index in [0.29, 0.717) is 6.54 Å². The Kier molecular flexibility index (Phi) is 4.90. The Labute approximate surface area is 123 Å². The first kappa shape index (κ1) is 15.0. The summed E-state index contributed by atoms with van der Waals surface area (Å²) in [6.07, 6.45) is 0. The van der Waals surface area contributed by atoms with Crippen molar-refractivity contribution in [2.75, 3.05) is 7.11 Å². The maximum absolute atomic E-state index is 10.6. The normalized spacial score (nSPS) is 11.9. The van der Waals surface area contributed by atoms with Gasteiger partial charge in [0.1, 0.15) is 5.75 Å². The van der Waals surface area contributed by atoms with Crippen LogP contribution in [0.2, 0.25) is 0 Å². The molecule has 2 aromatic carbocycles. The maximum Gasteiger partial charge on any atom is 0.269 e. The van der Waals surface area contributed by atoms with Crippen molar-refractivity contribution >= 4 is 5.69 Å². The predicted molar refractivity (Wildman–Crippen MR) is 81.3 cm³/mol. The molecule has 0 saturated heterocycles. The first-order chi connectivity index (χ1) is 10.1. The third-order valence-corrected chi connectivity index (χ3v) is 3.35. The fourth-order valence-corrected chi connectivity index (χ4v) is 2.04. The van der Waals surface area contributed by atoms with E-state index in [1.165, 1.54) is 12.1 Å². The van der Waals surface area contributed by atoms with E-state index in [4.69, 9.17) is 4.74 Å². The van der Waals surface area contributed by atoms with Crippen LogP contribution in [0.3, 0.4) is 0 Å². The van der Waals surface area contributed by atoms with Crippen molar-refractivity contribution in [2.45, 2.75) is 19.5 Å². The molecule has 0 aliphatic rings. The van der Waals surface area contributed by atoms with Gasteiger partial charge in [-0.15, -0.1) is 0 Å². The Bertz CT molecular complexity index is 611. The molecular weight excluding hydrogens is 268 g/mol. The molecule has 0 saturated carbocycles. The number of nitro groups is 1. The molecule has 2 aromatic rings. The van der Waals surface area contributed by atoms with Gasteiger partial charge in [0.15, 0.2) is 0 Å². The van der Waals surface area contributed by atoms with Gasteiger partial charge in [-0.2, -0.15) is 0 Å². The number of methoxy groups -OCH3 is 1.